The molecule has 2 aliphatic carbocycles. The second-order valence-electron chi connectivity index (χ2n) is 10.5. The van der Waals surface area contributed by atoms with Gasteiger partial charge in [-0.3, -0.25) is 9.48 Å². The maximum absolute atomic E-state index is 11.5. The zero-order valence-electron chi connectivity index (χ0n) is 21.4. The molecule has 2 fully saturated rings. The van der Waals surface area contributed by atoms with Crippen LogP contribution in [0.25, 0.3) is 23.0 Å². The Kier molecular flexibility index (Phi) is 6.14. The summed E-state index contributed by atoms with van der Waals surface area (Å²) in [6.45, 7) is 4.08. The van der Waals surface area contributed by atoms with Crippen molar-refractivity contribution in [3.05, 3.63) is 77.0 Å². The van der Waals surface area contributed by atoms with Crippen molar-refractivity contribution in [2.45, 2.75) is 76.9 Å². The van der Waals surface area contributed by atoms with Gasteiger partial charge in [-0.25, -0.2) is 0 Å². The van der Waals surface area contributed by atoms with Gasteiger partial charge in [0, 0.05) is 18.2 Å². The van der Waals surface area contributed by atoms with Gasteiger partial charge in [0.05, 0.1) is 6.54 Å². The molecule has 0 amide bonds. The van der Waals surface area contributed by atoms with Crippen LogP contribution in [0.5, 0.6) is 0 Å². The van der Waals surface area contributed by atoms with Gasteiger partial charge in [-0.15, -0.1) is 0 Å². The van der Waals surface area contributed by atoms with E-state index in [2.05, 4.69) is 46.5 Å². The van der Waals surface area contributed by atoms with Crippen LogP contribution in [0, 0.1) is 6.92 Å². The van der Waals surface area contributed by atoms with Gasteiger partial charge in [0.1, 0.15) is 5.60 Å². The van der Waals surface area contributed by atoms with E-state index in [1.54, 1.807) is 0 Å². The molecule has 7 nitrogen and oxygen atoms in total. The van der Waals surface area contributed by atoms with Crippen LogP contribution in [-0.2, 0) is 21.7 Å². The maximum Gasteiger partial charge on any atom is 0.303 e. The number of benzene rings is 2. The third kappa shape index (κ3) is 4.95. The lowest BCUT2D eigenvalue weighted by Gasteiger charge is -2.21. The normalized spacial score (nSPS) is 17.0. The molecule has 0 saturated heterocycles. The summed E-state index contributed by atoms with van der Waals surface area (Å²) in [6.07, 6.45) is 8.31. The molecule has 0 unspecified atom stereocenters. The van der Waals surface area contributed by atoms with Crippen molar-refractivity contribution in [1.82, 2.24) is 19.9 Å². The van der Waals surface area contributed by atoms with Crippen LogP contribution in [0.2, 0.25) is 0 Å². The highest BCUT2D eigenvalue weighted by atomic mass is 16.6. The Morgan fingerprint density at radius 2 is 1.86 bits per heavy atom. The summed E-state index contributed by atoms with van der Waals surface area (Å²) in [4.78, 5) is 16.2. The fourth-order valence-corrected chi connectivity index (χ4v) is 5.52. The lowest BCUT2D eigenvalue weighted by atomic mass is 9.84. The quantitative estimate of drug-likeness (QED) is 0.270. The van der Waals surface area contributed by atoms with Crippen molar-refractivity contribution in [3.8, 4) is 23.0 Å². The Balaban J connectivity index is 1.17. The number of esters is 1. The van der Waals surface area contributed by atoms with Crippen LogP contribution in [0.3, 0.4) is 0 Å². The average molecular weight is 497 g/mol. The average Bonchev–Trinajstić information content (AvgIpc) is 3.35. The van der Waals surface area contributed by atoms with E-state index < -0.39 is 5.60 Å². The molecule has 2 aliphatic rings. The molecule has 0 aliphatic heterocycles. The minimum absolute atomic E-state index is 0.241. The van der Waals surface area contributed by atoms with Crippen LogP contribution in [-0.4, -0.2) is 25.9 Å². The molecule has 2 saturated carbocycles. The van der Waals surface area contributed by atoms with E-state index >= 15 is 0 Å². The maximum atomic E-state index is 11.5. The van der Waals surface area contributed by atoms with Crippen molar-refractivity contribution < 1.29 is 14.1 Å². The molecule has 2 heterocycles. The summed E-state index contributed by atoms with van der Waals surface area (Å²) in [7, 11) is 0. The number of nitrogens with zero attached hydrogens (tertiary/aromatic N) is 4. The fraction of sp³-hybridized carbons (Fsp3) is 0.400. The number of hydrogen-bond acceptors (Lipinski definition) is 6. The Hall–Kier alpha value is -3.74. The number of aryl methyl sites for hydroxylation is 1. The van der Waals surface area contributed by atoms with E-state index in [1.807, 2.05) is 29.8 Å². The summed E-state index contributed by atoms with van der Waals surface area (Å²) >= 11 is 0. The molecule has 0 N–H and O–H groups in total. The van der Waals surface area contributed by atoms with Gasteiger partial charge in [0.15, 0.2) is 5.69 Å². The zero-order chi connectivity index (χ0) is 25.4. The van der Waals surface area contributed by atoms with E-state index in [1.165, 1.54) is 44.6 Å². The van der Waals surface area contributed by atoms with Crippen LogP contribution < -0.4 is 0 Å². The standard InChI is InChI=1S/C30H32N4O3/c1-20-17-27(32-34(20)19-22-7-6-10-26(18-22)30(15-16-30)36-21(2)35)29-31-28(33-37-29)25-13-11-24(12-14-25)23-8-4-3-5-9-23/h6-7,10-14,17-18,23H,3-5,8-9,15-16,19H2,1-2H3. The van der Waals surface area contributed by atoms with E-state index in [0.717, 1.165) is 35.2 Å². The predicted octanol–water partition coefficient (Wildman–Crippen LogP) is 6.56. The highest BCUT2D eigenvalue weighted by Gasteiger charge is 2.48. The Bertz CT molecular complexity index is 1410. The Labute approximate surface area is 216 Å². The number of aromatic nitrogens is 4. The van der Waals surface area contributed by atoms with E-state index in [-0.39, 0.29) is 5.97 Å². The highest BCUT2D eigenvalue weighted by molar-refractivity contribution is 5.67. The third-order valence-corrected chi connectivity index (χ3v) is 7.70. The molecule has 190 valence electrons. The first kappa shape index (κ1) is 23.6. The summed E-state index contributed by atoms with van der Waals surface area (Å²) < 4.78 is 13.1. The van der Waals surface area contributed by atoms with Crippen LogP contribution in [0.15, 0.2) is 59.1 Å². The molecule has 37 heavy (non-hydrogen) atoms. The minimum atomic E-state index is -0.457. The van der Waals surface area contributed by atoms with Crippen LogP contribution in [0.1, 0.15) is 80.2 Å². The monoisotopic (exact) mass is 496 g/mol. The molecule has 2 aromatic heterocycles. The SMILES string of the molecule is CC(=O)OC1(c2cccc(Cn3nc(-c4nc(-c5ccc(C6CCCCC6)cc5)no4)cc3C)c2)CC1. The first-order valence-corrected chi connectivity index (χ1v) is 13.3. The van der Waals surface area contributed by atoms with Crippen molar-refractivity contribution in [2.24, 2.45) is 0 Å². The topological polar surface area (TPSA) is 83.0 Å². The van der Waals surface area contributed by atoms with Gasteiger partial charge in [0.2, 0.25) is 5.82 Å². The van der Waals surface area contributed by atoms with E-state index in [4.69, 9.17) is 14.4 Å². The summed E-state index contributed by atoms with van der Waals surface area (Å²) in [6, 6.07) is 18.8. The van der Waals surface area contributed by atoms with Crippen molar-refractivity contribution in [3.63, 3.8) is 0 Å². The molecular formula is C30H32N4O3. The van der Waals surface area contributed by atoms with Gasteiger partial charge < -0.3 is 9.26 Å². The Morgan fingerprint density at radius 1 is 1.08 bits per heavy atom. The Morgan fingerprint density at radius 3 is 2.59 bits per heavy atom. The summed E-state index contributed by atoms with van der Waals surface area (Å²) in [5.41, 5.74) is 5.69. The van der Waals surface area contributed by atoms with E-state index in [0.29, 0.717) is 29.9 Å². The lowest BCUT2D eigenvalue weighted by molar-refractivity contribution is -0.149. The summed E-state index contributed by atoms with van der Waals surface area (Å²) in [5, 5.41) is 8.97. The predicted molar refractivity (Wildman–Crippen MR) is 140 cm³/mol. The largest absolute Gasteiger partial charge is 0.454 e. The van der Waals surface area contributed by atoms with Gasteiger partial charge in [-0.05, 0) is 67.3 Å². The number of carbonyl (C=O) groups is 1. The minimum Gasteiger partial charge on any atom is -0.454 e. The second-order valence-corrected chi connectivity index (χ2v) is 10.5. The lowest BCUT2D eigenvalue weighted by Crippen LogP contribution is -2.16. The first-order valence-electron chi connectivity index (χ1n) is 13.3. The molecule has 0 bridgehead atoms. The smallest absolute Gasteiger partial charge is 0.303 e. The number of carbonyl (C=O) groups excluding carboxylic acids is 1. The number of hydrogen-bond donors (Lipinski definition) is 0. The zero-order valence-corrected chi connectivity index (χ0v) is 21.4. The van der Waals surface area contributed by atoms with Gasteiger partial charge in [-0.1, -0.05) is 66.9 Å². The fourth-order valence-electron chi connectivity index (χ4n) is 5.52. The van der Waals surface area contributed by atoms with E-state index in [9.17, 15) is 4.79 Å². The highest BCUT2D eigenvalue weighted by Crippen LogP contribution is 2.49. The van der Waals surface area contributed by atoms with Gasteiger partial charge in [-0.2, -0.15) is 10.1 Å². The molecule has 4 aromatic rings. The van der Waals surface area contributed by atoms with Crippen LogP contribution >= 0.6 is 0 Å². The third-order valence-electron chi connectivity index (χ3n) is 7.70. The molecule has 6 rings (SSSR count). The molecule has 0 spiro atoms. The first-order chi connectivity index (χ1) is 18.0. The van der Waals surface area contributed by atoms with Crippen molar-refractivity contribution in [1.29, 1.82) is 0 Å². The van der Waals surface area contributed by atoms with Crippen molar-refractivity contribution >= 4 is 5.97 Å². The van der Waals surface area contributed by atoms with Gasteiger partial charge in [0.25, 0.3) is 5.89 Å². The second kappa shape index (κ2) is 9.61. The molecule has 2 aromatic carbocycles. The number of rotatable bonds is 7. The molecular weight excluding hydrogens is 464 g/mol. The molecule has 0 atom stereocenters. The molecule has 0 radical (unpaired) electrons. The van der Waals surface area contributed by atoms with Crippen molar-refractivity contribution in [2.75, 3.05) is 0 Å². The summed E-state index contributed by atoms with van der Waals surface area (Å²) in [5.74, 6) is 1.42. The number of ether oxygens (including phenoxy) is 1. The van der Waals surface area contributed by atoms with Crippen LogP contribution in [0.4, 0.5) is 0 Å². The van der Waals surface area contributed by atoms with Gasteiger partial charge >= 0.3 is 5.97 Å². The molecule has 7 heteroatoms.